The van der Waals surface area contributed by atoms with Gasteiger partial charge in [0.1, 0.15) is 6.61 Å². The summed E-state index contributed by atoms with van der Waals surface area (Å²) in [5.41, 5.74) is 9.23. The third-order valence-corrected chi connectivity index (χ3v) is 3.95. The molecule has 0 radical (unpaired) electrons. The first-order chi connectivity index (χ1) is 9.69. The zero-order chi connectivity index (χ0) is 14.1. The lowest BCUT2D eigenvalue weighted by molar-refractivity contribution is 0.163. The molecule has 21 heavy (non-hydrogen) atoms. The van der Waals surface area contributed by atoms with E-state index in [2.05, 4.69) is 23.2 Å². The van der Waals surface area contributed by atoms with Crippen LogP contribution >= 0.6 is 17.0 Å². The first kappa shape index (κ1) is 15.9. The van der Waals surface area contributed by atoms with Gasteiger partial charge in [-0.15, -0.1) is 17.0 Å². The highest BCUT2D eigenvalue weighted by Crippen LogP contribution is 2.22. The van der Waals surface area contributed by atoms with Crippen molar-refractivity contribution in [3.05, 3.63) is 35.5 Å². The number of carbonyl (C=O) groups is 1. The number of halogens is 1. The Morgan fingerprint density at radius 3 is 2.95 bits per heavy atom. The van der Waals surface area contributed by atoms with Crippen molar-refractivity contribution in [3.8, 4) is 0 Å². The van der Waals surface area contributed by atoms with Crippen LogP contribution in [0.3, 0.4) is 0 Å². The average Bonchev–Trinajstić information content (AvgIpc) is 2.98. The van der Waals surface area contributed by atoms with E-state index >= 15 is 0 Å². The van der Waals surface area contributed by atoms with Crippen LogP contribution in [0.5, 0.6) is 0 Å². The van der Waals surface area contributed by atoms with Crippen molar-refractivity contribution in [3.63, 3.8) is 0 Å². The predicted molar refractivity (Wildman–Crippen MR) is 88.0 cm³/mol. The Labute approximate surface area is 134 Å². The summed E-state index contributed by atoms with van der Waals surface area (Å²) in [5.74, 6) is 0. The SMILES string of the molecule is Br.CN1C(=O)OC[C@@H]1Cc1ccc2[nH]cc(CCN)c2c1. The third-order valence-electron chi connectivity index (χ3n) is 3.95. The van der Waals surface area contributed by atoms with Crippen molar-refractivity contribution < 1.29 is 9.53 Å². The molecule has 1 fully saturated rings. The molecule has 0 saturated carbocycles. The van der Waals surface area contributed by atoms with Crippen molar-refractivity contribution in [1.29, 1.82) is 0 Å². The van der Waals surface area contributed by atoms with Gasteiger partial charge in [0, 0.05) is 24.1 Å². The zero-order valence-corrected chi connectivity index (χ0v) is 13.7. The molecule has 1 saturated heterocycles. The van der Waals surface area contributed by atoms with Gasteiger partial charge in [0.15, 0.2) is 0 Å². The molecule has 0 aliphatic carbocycles. The van der Waals surface area contributed by atoms with Crippen LogP contribution in [0.1, 0.15) is 11.1 Å². The topological polar surface area (TPSA) is 71.3 Å². The number of nitrogens with two attached hydrogens (primary N) is 1. The molecule has 1 aliphatic heterocycles. The molecular formula is C15H20BrN3O2. The fourth-order valence-corrected chi connectivity index (χ4v) is 2.71. The summed E-state index contributed by atoms with van der Waals surface area (Å²) >= 11 is 0. The van der Waals surface area contributed by atoms with E-state index in [4.69, 9.17) is 10.5 Å². The molecule has 1 amide bonds. The number of ether oxygens (including phenoxy) is 1. The van der Waals surface area contributed by atoms with E-state index in [0.29, 0.717) is 13.2 Å². The molecule has 3 N–H and O–H groups in total. The molecule has 0 spiro atoms. The molecule has 1 aliphatic rings. The highest BCUT2D eigenvalue weighted by atomic mass is 79.9. The Morgan fingerprint density at radius 1 is 1.48 bits per heavy atom. The lowest BCUT2D eigenvalue weighted by atomic mass is 10.0. The fourth-order valence-electron chi connectivity index (χ4n) is 2.71. The van der Waals surface area contributed by atoms with Crippen LogP contribution in [0.25, 0.3) is 10.9 Å². The standard InChI is InChI=1S/C15H19N3O2.BrH/c1-18-12(9-20-15(18)19)6-10-2-3-14-13(7-10)11(4-5-16)8-17-14;/h2-3,7-8,12,17H,4-6,9,16H2,1H3;1H/t12-;/m0./s1. The van der Waals surface area contributed by atoms with Gasteiger partial charge in [-0.1, -0.05) is 6.07 Å². The van der Waals surface area contributed by atoms with E-state index in [1.807, 2.05) is 6.20 Å². The number of amides is 1. The van der Waals surface area contributed by atoms with Gasteiger partial charge in [0.25, 0.3) is 0 Å². The number of hydrogen-bond donors (Lipinski definition) is 2. The van der Waals surface area contributed by atoms with Crippen LogP contribution in [0.15, 0.2) is 24.4 Å². The zero-order valence-electron chi connectivity index (χ0n) is 12.0. The molecule has 2 heterocycles. The molecule has 2 aromatic rings. The minimum atomic E-state index is -0.235. The monoisotopic (exact) mass is 353 g/mol. The van der Waals surface area contributed by atoms with Gasteiger partial charge in [0.05, 0.1) is 6.04 Å². The molecule has 114 valence electrons. The van der Waals surface area contributed by atoms with Crippen LogP contribution in [0.2, 0.25) is 0 Å². The minimum Gasteiger partial charge on any atom is -0.447 e. The number of aromatic amines is 1. The van der Waals surface area contributed by atoms with Crippen LogP contribution in [0.4, 0.5) is 4.79 Å². The number of aromatic nitrogens is 1. The van der Waals surface area contributed by atoms with E-state index in [1.54, 1.807) is 11.9 Å². The van der Waals surface area contributed by atoms with Gasteiger partial charge in [-0.25, -0.2) is 4.79 Å². The maximum atomic E-state index is 11.4. The van der Waals surface area contributed by atoms with E-state index in [-0.39, 0.29) is 29.1 Å². The number of likely N-dealkylation sites (N-methyl/N-ethyl adjacent to an activating group) is 1. The number of nitrogens with zero attached hydrogens (tertiary/aromatic N) is 1. The second kappa shape index (κ2) is 6.49. The number of cyclic esters (lactones) is 1. The number of nitrogens with one attached hydrogen (secondary N) is 1. The van der Waals surface area contributed by atoms with Crippen LogP contribution in [-0.4, -0.2) is 42.2 Å². The molecule has 3 rings (SSSR count). The summed E-state index contributed by atoms with van der Waals surface area (Å²) < 4.78 is 5.05. The molecule has 6 heteroatoms. The average molecular weight is 354 g/mol. The van der Waals surface area contributed by atoms with Crippen LogP contribution in [0, 0.1) is 0 Å². The van der Waals surface area contributed by atoms with E-state index in [1.165, 1.54) is 16.5 Å². The highest BCUT2D eigenvalue weighted by molar-refractivity contribution is 8.93. The Morgan fingerprint density at radius 2 is 2.29 bits per heavy atom. The Balaban J connectivity index is 0.00000161. The Bertz CT molecular complexity index is 641. The predicted octanol–water partition coefficient (Wildman–Crippen LogP) is 2.24. The third kappa shape index (κ3) is 3.06. The lowest BCUT2D eigenvalue weighted by Gasteiger charge is -2.16. The van der Waals surface area contributed by atoms with E-state index in [9.17, 15) is 4.79 Å². The van der Waals surface area contributed by atoms with Gasteiger partial charge in [-0.3, -0.25) is 0 Å². The van der Waals surface area contributed by atoms with Crippen molar-refractivity contribution in [2.45, 2.75) is 18.9 Å². The smallest absolute Gasteiger partial charge is 0.409 e. The Hall–Kier alpha value is -1.53. The molecule has 5 nitrogen and oxygen atoms in total. The molecule has 0 bridgehead atoms. The summed E-state index contributed by atoms with van der Waals surface area (Å²) in [6, 6.07) is 6.49. The van der Waals surface area contributed by atoms with Crippen LogP contribution in [-0.2, 0) is 17.6 Å². The normalized spacial score (nSPS) is 17.9. The maximum absolute atomic E-state index is 11.4. The van der Waals surface area contributed by atoms with E-state index < -0.39 is 0 Å². The number of fused-ring (bicyclic) bond motifs is 1. The molecule has 1 aromatic heterocycles. The number of rotatable bonds is 4. The second-order valence-electron chi connectivity index (χ2n) is 5.28. The summed E-state index contributed by atoms with van der Waals surface area (Å²) in [6.45, 7) is 1.11. The molecule has 0 unspecified atom stereocenters. The number of carbonyl (C=O) groups excluding carboxylic acids is 1. The molecule has 1 atom stereocenters. The summed E-state index contributed by atoms with van der Waals surface area (Å²) in [7, 11) is 1.79. The van der Waals surface area contributed by atoms with Crippen molar-refractivity contribution >= 4 is 34.0 Å². The summed E-state index contributed by atoms with van der Waals surface area (Å²) in [6.07, 6.45) is 3.47. The van der Waals surface area contributed by atoms with Crippen LogP contribution < -0.4 is 5.73 Å². The minimum absolute atomic E-state index is 0. The molecule has 1 aromatic carbocycles. The maximum Gasteiger partial charge on any atom is 0.409 e. The van der Waals surface area contributed by atoms with E-state index in [0.717, 1.165) is 18.4 Å². The van der Waals surface area contributed by atoms with Crippen molar-refractivity contribution in [1.82, 2.24) is 9.88 Å². The van der Waals surface area contributed by atoms with Gasteiger partial charge in [-0.2, -0.15) is 0 Å². The number of H-pyrrole nitrogens is 1. The molecular weight excluding hydrogens is 334 g/mol. The van der Waals surface area contributed by atoms with Gasteiger partial charge in [0.2, 0.25) is 0 Å². The van der Waals surface area contributed by atoms with Crippen molar-refractivity contribution in [2.24, 2.45) is 5.73 Å². The lowest BCUT2D eigenvalue weighted by Crippen LogP contribution is -2.31. The number of benzene rings is 1. The van der Waals surface area contributed by atoms with Gasteiger partial charge < -0.3 is 20.4 Å². The number of hydrogen-bond acceptors (Lipinski definition) is 3. The Kier molecular flexibility index (Phi) is 4.90. The fraction of sp³-hybridized carbons (Fsp3) is 0.400. The summed E-state index contributed by atoms with van der Waals surface area (Å²) in [5, 5.41) is 1.22. The first-order valence-electron chi connectivity index (χ1n) is 6.87. The summed E-state index contributed by atoms with van der Waals surface area (Å²) in [4.78, 5) is 16.3. The highest BCUT2D eigenvalue weighted by Gasteiger charge is 2.29. The second-order valence-corrected chi connectivity index (χ2v) is 5.28. The quantitative estimate of drug-likeness (QED) is 0.885. The van der Waals surface area contributed by atoms with Gasteiger partial charge >= 0.3 is 6.09 Å². The van der Waals surface area contributed by atoms with Gasteiger partial charge in [-0.05, 0) is 42.6 Å². The van der Waals surface area contributed by atoms with Crippen molar-refractivity contribution in [2.75, 3.05) is 20.2 Å². The largest absolute Gasteiger partial charge is 0.447 e. The first-order valence-corrected chi connectivity index (χ1v) is 6.87.